The molecule has 2 aromatic carbocycles. The number of rotatable bonds is 8. The fraction of sp³-hybridized carbons (Fsp3) is 0.423. The maximum atomic E-state index is 12.8. The minimum Gasteiger partial charge on any atom is -0.378 e. The van der Waals surface area contributed by atoms with E-state index in [0.29, 0.717) is 25.3 Å². The Morgan fingerprint density at radius 2 is 1.74 bits per heavy atom. The molecule has 9 heteroatoms. The minimum atomic E-state index is -0.210. The third kappa shape index (κ3) is 5.22. The summed E-state index contributed by atoms with van der Waals surface area (Å²) in [7, 11) is 6.02. The van der Waals surface area contributed by atoms with Gasteiger partial charge < -0.3 is 19.7 Å². The zero-order valence-corrected chi connectivity index (χ0v) is 20.4. The van der Waals surface area contributed by atoms with Crippen molar-refractivity contribution in [2.45, 2.75) is 37.4 Å². The Balaban J connectivity index is 1.17. The molecule has 184 valence electrons. The standard InChI is InChI=1S/C26H32N6O3/c1-30(2)21-11-9-19(10-12-21)26(33)27-22-16-34-25-23(17-35-24(22)25)32-15-20(28-29-32)14-31(3)13-18-7-5-4-6-8-18/h4-12,15,22-25H,13-14,16-17H2,1-3H3,(H,27,33). The lowest BCUT2D eigenvalue weighted by Crippen LogP contribution is -2.44. The van der Waals surface area contributed by atoms with Gasteiger partial charge in [-0.15, -0.1) is 5.10 Å². The van der Waals surface area contributed by atoms with E-state index >= 15 is 0 Å². The molecule has 2 fully saturated rings. The molecular formula is C26H32N6O3. The third-order valence-electron chi connectivity index (χ3n) is 6.61. The van der Waals surface area contributed by atoms with Crippen LogP contribution < -0.4 is 10.2 Å². The molecule has 3 heterocycles. The summed E-state index contributed by atoms with van der Waals surface area (Å²) in [5.74, 6) is -0.124. The number of anilines is 1. The zero-order chi connectivity index (χ0) is 24.4. The first kappa shape index (κ1) is 23.5. The second-order valence-electron chi connectivity index (χ2n) is 9.53. The van der Waals surface area contributed by atoms with Crippen LogP contribution >= 0.6 is 0 Å². The number of aromatic nitrogens is 3. The van der Waals surface area contributed by atoms with Crippen molar-refractivity contribution in [1.82, 2.24) is 25.2 Å². The Hall–Kier alpha value is -3.27. The molecule has 2 aliphatic heterocycles. The van der Waals surface area contributed by atoms with E-state index in [9.17, 15) is 4.79 Å². The maximum absolute atomic E-state index is 12.8. The van der Waals surface area contributed by atoms with Crippen LogP contribution in [0.1, 0.15) is 27.7 Å². The van der Waals surface area contributed by atoms with Gasteiger partial charge in [0.05, 0.1) is 31.1 Å². The molecule has 4 unspecified atom stereocenters. The van der Waals surface area contributed by atoms with Crippen molar-refractivity contribution >= 4 is 11.6 Å². The van der Waals surface area contributed by atoms with E-state index in [0.717, 1.165) is 17.9 Å². The number of amides is 1. The van der Waals surface area contributed by atoms with Gasteiger partial charge in [-0.3, -0.25) is 9.69 Å². The highest BCUT2D eigenvalue weighted by Gasteiger charge is 2.49. The molecule has 4 atom stereocenters. The summed E-state index contributed by atoms with van der Waals surface area (Å²) in [6.07, 6.45) is 1.59. The van der Waals surface area contributed by atoms with Gasteiger partial charge in [-0.25, -0.2) is 4.68 Å². The van der Waals surface area contributed by atoms with Crippen LogP contribution in [0.4, 0.5) is 5.69 Å². The van der Waals surface area contributed by atoms with E-state index in [2.05, 4.69) is 39.7 Å². The lowest BCUT2D eigenvalue weighted by molar-refractivity contribution is 0.0613. The summed E-state index contributed by atoms with van der Waals surface area (Å²) in [6, 6.07) is 17.6. The predicted octanol–water partition coefficient (Wildman–Crippen LogP) is 2.11. The molecule has 2 aliphatic rings. The number of carbonyl (C=O) groups excluding carboxylic acids is 1. The van der Waals surface area contributed by atoms with Gasteiger partial charge in [0.1, 0.15) is 18.2 Å². The molecule has 9 nitrogen and oxygen atoms in total. The van der Waals surface area contributed by atoms with E-state index < -0.39 is 0 Å². The Kier molecular flexibility index (Phi) is 6.81. The van der Waals surface area contributed by atoms with Crippen molar-refractivity contribution in [2.75, 3.05) is 39.3 Å². The van der Waals surface area contributed by atoms with Crippen LogP contribution in [0.2, 0.25) is 0 Å². The van der Waals surface area contributed by atoms with Gasteiger partial charge >= 0.3 is 0 Å². The van der Waals surface area contributed by atoms with Crippen LogP contribution in [-0.2, 0) is 22.6 Å². The topological polar surface area (TPSA) is 84.8 Å². The van der Waals surface area contributed by atoms with Crippen molar-refractivity contribution in [3.63, 3.8) is 0 Å². The molecule has 3 aromatic rings. The molecular weight excluding hydrogens is 444 g/mol. The lowest BCUT2D eigenvalue weighted by Gasteiger charge is -2.18. The smallest absolute Gasteiger partial charge is 0.251 e. The Bertz CT molecular complexity index is 1130. The molecule has 5 rings (SSSR count). The van der Waals surface area contributed by atoms with Gasteiger partial charge in [0.2, 0.25) is 0 Å². The molecule has 1 amide bonds. The van der Waals surface area contributed by atoms with Crippen LogP contribution in [0.5, 0.6) is 0 Å². The fourth-order valence-electron chi connectivity index (χ4n) is 4.77. The van der Waals surface area contributed by atoms with Gasteiger partial charge in [0, 0.05) is 38.4 Å². The summed E-state index contributed by atoms with van der Waals surface area (Å²) >= 11 is 0. The van der Waals surface area contributed by atoms with Crippen LogP contribution in [0.15, 0.2) is 60.8 Å². The third-order valence-corrected chi connectivity index (χ3v) is 6.61. The molecule has 0 spiro atoms. The number of hydrogen-bond donors (Lipinski definition) is 1. The number of benzene rings is 2. The number of nitrogens with one attached hydrogen (secondary N) is 1. The van der Waals surface area contributed by atoms with Crippen molar-refractivity contribution in [3.8, 4) is 0 Å². The molecule has 1 aromatic heterocycles. The second-order valence-corrected chi connectivity index (χ2v) is 9.53. The van der Waals surface area contributed by atoms with Crippen LogP contribution in [0.3, 0.4) is 0 Å². The van der Waals surface area contributed by atoms with Crippen molar-refractivity contribution in [3.05, 3.63) is 77.6 Å². The summed E-state index contributed by atoms with van der Waals surface area (Å²) in [5.41, 5.74) is 3.83. The van der Waals surface area contributed by atoms with E-state index in [-0.39, 0.29) is 30.2 Å². The Morgan fingerprint density at radius 3 is 2.49 bits per heavy atom. The van der Waals surface area contributed by atoms with Gasteiger partial charge in [-0.2, -0.15) is 0 Å². The van der Waals surface area contributed by atoms with E-state index in [1.54, 1.807) is 0 Å². The summed E-state index contributed by atoms with van der Waals surface area (Å²) in [4.78, 5) is 17.0. The molecule has 1 N–H and O–H groups in total. The molecule has 0 radical (unpaired) electrons. The van der Waals surface area contributed by atoms with Gasteiger partial charge in [0.15, 0.2) is 0 Å². The lowest BCUT2D eigenvalue weighted by atomic mass is 10.1. The zero-order valence-electron chi connectivity index (χ0n) is 20.4. The SMILES string of the molecule is CN(Cc1ccccc1)Cc1cn(C2COC3C(NC(=O)c4ccc(N(C)C)cc4)COC32)nn1. The molecule has 35 heavy (non-hydrogen) atoms. The van der Waals surface area contributed by atoms with E-state index in [1.165, 1.54) is 5.56 Å². The van der Waals surface area contributed by atoms with E-state index in [4.69, 9.17) is 9.47 Å². The monoisotopic (exact) mass is 476 g/mol. The summed E-state index contributed by atoms with van der Waals surface area (Å²) in [6.45, 7) is 2.42. The van der Waals surface area contributed by atoms with Crippen LogP contribution in [0, 0.1) is 0 Å². The van der Waals surface area contributed by atoms with Crippen molar-refractivity contribution < 1.29 is 14.3 Å². The molecule has 0 bridgehead atoms. The number of ether oxygens (including phenoxy) is 2. The predicted molar refractivity (Wildman–Crippen MR) is 132 cm³/mol. The number of nitrogens with zero attached hydrogens (tertiary/aromatic N) is 5. The molecule has 2 saturated heterocycles. The fourth-order valence-corrected chi connectivity index (χ4v) is 4.77. The average molecular weight is 477 g/mol. The first-order chi connectivity index (χ1) is 17.0. The number of carbonyl (C=O) groups is 1. The summed E-state index contributed by atoms with van der Waals surface area (Å²) in [5, 5.41) is 11.8. The van der Waals surface area contributed by atoms with E-state index in [1.807, 2.05) is 72.3 Å². The second kappa shape index (κ2) is 10.2. The number of hydrogen-bond acceptors (Lipinski definition) is 7. The van der Waals surface area contributed by atoms with Gasteiger partial charge in [-0.1, -0.05) is 35.5 Å². The van der Waals surface area contributed by atoms with Gasteiger partial charge in [-0.05, 0) is 36.9 Å². The summed E-state index contributed by atoms with van der Waals surface area (Å²) < 4.78 is 14.0. The number of fused-ring (bicyclic) bond motifs is 1. The first-order valence-corrected chi connectivity index (χ1v) is 11.9. The Labute approximate surface area is 205 Å². The highest BCUT2D eigenvalue weighted by Crippen LogP contribution is 2.34. The minimum absolute atomic E-state index is 0.0676. The van der Waals surface area contributed by atoms with Crippen LogP contribution in [0.25, 0.3) is 0 Å². The maximum Gasteiger partial charge on any atom is 0.251 e. The van der Waals surface area contributed by atoms with Gasteiger partial charge in [0.25, 0.3) is 5.91 Å². The Morgan fingerprint density at radius 1 is 1.00 bits per heavy atom. The highest BCUT2D eigenvalue weighted by molar-refractivity contribution is 5.94. The average Bonchev–Trinajstić information content (AvgIpc) is 3.57. The molecule has 0 saturated carbocycles. The van der Waals surface area contributed by atoms with Crippen LogP contribution in [-0.4, -0.2) is 78.4 Å². The normalized spacial score (nSPS) is 23.4. The molecule has 0 aliphatic carbocycles. The largest absolute Gasteiger partial charge is 0.378 e. The highest BCUT2D eigenvalue weighted by atomic mass is 16.6. The quantitative estimate of drug-likeness (QED) is 0.533. The first-order valence-electron chi connectivity index (χ1n) is 11.9. The van der Waals surface area contributed by atoms with Crippen molar-refractivity contribution in [2.24, 2.45) is 0 Å². The van der Waals surface area contributed by atoms with Crippen molar-refractivity contribution in [1.29, 1.82) is 0 Å².